The summed E-state index contributed by atoms with van der Waals surface area (Å²) in [6.45, 7) is 4.00. The molecule has 9 nitrogen and oxygen atoms in total. The summed E-state index contributed by atoms with van der Waals surface area (Å²) < 4.78 is 35.7. The molecular weight excluding hydrogens is 444 g/mol. The van der Waals surface area contributed by atoms with E-state index in [2.05, 4.69) is 10.1 Å². The highest BCUT2D eigenvalue weighted by Crippen LogP contribution is 2.22. The minimum atomic E-state index is -3.36. The molecule has 0 spiro atoms. The molecule has 0 radical (unpaired) electrons. The van der Waals surface area contributed by atoms with Gasteiger partial charge in [-0.15, -0.1) is 0 Å². The molecule has 0 aliphatic heterocycles. The maximum Gasteiger partial charge on any atom is 0.263 e. The lowest BCUT2D eigenvalue weighted by atomic mass is 10.1. The van der Waals surface area contributed by atoms with E-state index in [9.17, 15) is 13.2 Å². The van der Waals surface area contributed by atoms with Crippen molar-refractivity contribution >= 4 is 21.6 Å². The van der Waals surface area contributed by atoms with E-state index in [4.69, 9.17) is 9.26 Å². The molecule has 1 amide bonds. The smallest absolute Gasteiger partial charge is 0.263 e. The zero-order valence-electron chi connectivity index (χ0n) is 19.3. The van der Waals surface area contributed by atoms with E-state index in [0.29, 0.717) is 29.6 Å². The normalized spacial score (nSPS) is 12.3. The summed E-state index contributed by atoms with van der Waals surface area (Å²) in [5.74, 6) is 1.02. The van der Waals surface area contributed by atoms with E-state index in [1.165, 1.54) is 16.3 Å². The maximum atomic E-state index is 12.9. The van der Waals surface area contributed by atoms with Gasteiger partial charge in [0.2, 0.25) is 21.7 Å². The van der Waals surface area contributed by atoms with Gasteiger partial charge in [-0.05, 0) is 37.6 Å². The fourth-order valence-electron chi connectivity index (χ4n) is 3.06. The summed E-state index contributed by atoms with van der Waals surface area (Å²) in [5, 5.41) is 4.00. The van der Waals surface area contributed by atoms with Crippen molar-refractivity contribution in [3.63, 3.8) is 0 Å². The monoisotopic (exact) mass is 472 g/mol. The maximum absolute atomic E-state index is 12.9. The average Bonchev–Trinajstić information content (AvgIpc) is 3.25. The molecule has 1 atom stereocenters. The molecule has 0 saturated carbocycles. The summed E-state index contributed by atoms with van der Waals surface area (Å²) in [7, 11) is -0.238. The number of anilines is 1. The third-order valence-electron chi connectivity index (χ3n) is 5.15. The zero-order chi connectivity index (χ0) is 24.2. The van der Waals surface area contributed by atoms with Crippen LogP contribution in [0.1, 0.15) is 24.8 Å². The molecule has 176 valence electrons. The number of hydrogen-bond acceptors (Lipinski definition) is 7. The molecule has 1 heterocycles. The van der Waals surface area contributed by atoms with Crippen LogP contribution in [0.5, 0.6) is 5.75 Å². The molecule has 3 rings (SSSR count). The number of aromatic nitrogens is 2. The number of benzene rings is 2. The molecule has 0 fully saturated rings. The van der Waals surface area contributed by atoms with Gasteiger partial charge in [0.1, 0.15) is 5.75 Å². The van der Waals surface area contributed by atoms with Crippen LogP contribution in [0, 0.1) is 6.92 Å². The van der Waals surface area contributed by atoms with Crippen LogP contribution in [0.15, 0.2) is 53.1 Å². The van der Waals surface area contributed by atoms with Crippen LogP contribution in [-0.2, 0) is 21.4 Å². The van der Waals surface area contributed by atoms with Gasteiger partial charge in [0.25, 0.3) is 5.91 Å². The molecule has 33 heavy (non-hydrogen) atoms. The first-order valence-electron chi connectivity index (χ1n) is 10.4. The van der Waals surface area contributed by atoms with Crippen molar-refractivity contribution < 1.29 is 22.5 Å². The molecule has 0 bridgehead atoms. The molecular formula is C23H28N4O5S. The van der Waals surface area contributed by atoms with Crippen molar-refractivity contribution in [2.24, 2.45) is 0 Å². The third kappa shape index (κ3) is 6.10. The molecule has 0 N–H and O–H groups in total. The fraction of sp³-hybridized carbons (Fsp3) is 0.348. The number of amides is 1. The van der Waals surface area contributed by atoms with E-state index in [1.54, 1.807) is 31.3 Å². The predicted molar refractivity (Wildman–Crippen MR) is 125 cm³/mol. The highest BCUT2D eigenvalue weighted by Gasteiger charge is 2.24. The standard InChI is InChI=1S/C23H28N4O5S/c1-6-20(31-19-13-11-18(12-14-19)27(4)33(5,29)30)23(28)26(3)15-21-24-22(25-32-21)17-9-7-16(2)8-10-17/h7-14,20H,6,15H2,1-5H3/t20-/m0/s1. The van der Waals surface area contributed by atoms with E-state index >= 15 is 0 Å². The molecule has 1 aromatic heterocycles. The molecule has 0 unspecified atom stereocenters. The number of carbonyl (C=O) groups is 1. The van der Waals surface area contributed by atoms with E-state index in [-0.39, 0.29) is 12.5 Å². The van der Waals surface area contributed by atoms with Gasteiger partial charge >= 0.3 is 0 Å². The zero-order valence-corrected chi connectivity index (χ0v) is 20.2. The topological polar surface area (TPSA) is 106 Å². The number of nitrogens with zero attached hydrogens (tertiary/aromatic N) is 4. The van der Waals surface area contributed by atoms with E-state index in [1.807, 2.05) is 38.1 Å². The Morgan fingerprint density at radius 3 is 2.30 bits per heavy atom. The van der Waals surface area contributed by atoms with Crippen molar-refractivity contribution in [3.05, 3.63) is 60.0 Å². The first kappa shape index (κ1) is 24.2. The van der Waals surface area contributed by atoms with Crippen molar-refractivity contribution in [2.75, 3.05) is 24.7 Å². The minimum Gasteiger partial charge on any atom is -0.481 e. The molecule has 3 aromatic rings. The number of carbonyl (C=O) groups excluding carboxylic acids is 1. The van der Waals surface area contributed by atoms with Crippen molar-refractivity contribution in [1.82, 2.24) is 15.0 Å². The highest BCUT2D eigenvalue weighted by molar-refractivity contribution is 7.92. The SMILES string of the molecule is CC[C@H](Oc1ccc(N(C)S(C)(=O)=O)cc1)C(=O)N(C)Cc1nc(-c2ccc(C)cc2)no1. The number of sulfonamides is 1. The van der Waals surface area contributed by atoms with E-state index in [0.717, 1.165) is 17.4 Å². The Morgan fingerprint density at radius 1 is 1.09 bits per heavy atom. The predicted octanol–water partition coefficient (Wildman–Crippen LogP) is 3.26. The average molecular weight is 473 g/mol. The van der Waals surface area contributed by atoms with Crippen LogP contribution in [0.4, 0.5) is 5.69 Å². The van der Waals surface area contributed by atoms with Gasteiger partial charge in [0, 0.05) is 19.7 Å². The number of rotatable bonds is 9. The molecule has 0 aliphatic carbocycles. The first-order valence-corrected chi connectivity index (χ1v) is 12.3. The number of likely N-dealkylation sites (N-methyl/N-ethyl adjacent to an activating group) is 1. The van der Waals surface area contributed by atoms with E-state index < -0.39 is 16.1 Å². The number of aryl methyl sites for hydroxylation is 1. The minimum absolute atomic E-state index is 0.148. The van der Waals surface area contributed by atoms with Gasteiger partial charge in [-0.2, -0.15) is 4.98 Å². The van der Waals surface area contributed by atoms with Gasteiger partial charge in [-0.1, -0.05) is 41.9 Å². The van der Waals surface area contributed by atoms with Crippen LogP contribution in [0.3, 0.4) is 0 Å². The van der Waals surface area contributed by atoms with Crippen LogP contribution in [0.2, 0.25) is 0 Å². The second-order valence-corrected chi connectivity index (χ2v) is 9.82. The van der Waals surface area contributed by atoms with Crippen LogP contribution >= 0.6 is 0 Å². The lowest BCUT2D eigenvalue weighted by Gasteiger charge is -2.23. The Labute approximate surface area is 194 Å². The first-order chi connectivity index (χ1) is 15.6. The van der Waals surface area contributed by atoms with Crippen molar-refractivity contribution in [3.8, 4) is 17.1 Å². The van der Waals surface area contributed by atoms with Crippen LogP contribution in [-0.4, -0.2) is 55.8 Å². The van der Waals surface area contributed by atoms with Gasteiger partial charge in [-0.3, -0.25) is 9.10 Å². The Kier molecular flexibility index (Phi) is 7.37. The van der Waals surface area contributed by atoms with Gasteiger partial charge in [0.15, 0.2) is 6.10 Å². The Bertz CT molecular complexity index is 1190. The quantitative estimate of drug-likeness (QED) is 0.471. The van der Waals surface area contributed by atoms with Gasteiger partial charge in [0.05, 0.1) is 18.5 Å². The Balaban J connectivity index is 1.63. The third-order valence-corrected chi connectivity index (χ3v) is 6.35. The second kappa shape index (κ2) is 10.0. The summed E-state index contributed by atoms with van der Waals surface area (Å²) in [6, 6.07) is 14.3. The Hall–Kier alpha value is -3.40. The Morgan fingerprint density at radius 2 is 1.73 bits per heavy atom. The lowest BCUT2D eigenvalue weighted by molar-refractivity contribution is -0.138. The summed E-state index contributed by atoms with van der Waals surface area (Å²) >= 11 is 0. The molecule has 10 heteroatoms. The summed E-state index contributed by atoms with van der Waals surface area (Å²) in [5.41, 5.74) is 2.47. The van der Waals surface area contributed by atoms with Crippen molar-refractivity contribution in [2.45, 2.75) is 32.9 Å². The van der Waals surface area contributed by atoms with Crippen LogP contribution < -0.4 is 9.04 Å². The summed E-state index contributed by atoms with van der Waals surface area (Å²) in [6.07, 6.45) is 0.867. The largest absolute Gasteiger partial charge is 0.481 e. The highest BCUT2D eigenvalue weighted by atomic mass is 32.2. The molecule has 2 aromatic carbocycles. The lowest BCUT2D eigenvalue weighted by Crippen LogP contribution is -2.39. The number of hydrogen-bond donors (Lipinski definition) is 0. The second-order valence-electron chi connectivity index (χ2n) is 7.81. The number of ether oxygens (including phenoxy) is 1. The van der Waals surface area contributed by atoms with Crippen molar-refractivity contribution in [1.29, 1.82) is 0 Å². The van der Waals surface area contributed by atoms with Gasteiger partial charge < -0.3 is 14.2 Å². The molecule has 0 saturated heterocycles. The van der Waals surface area contributed by atoms with Crippen LogP contribution in [0.25, 0.3) is 11.4 Å². The fourth-order valence-corrected chi connectivity index (χ4v) is 3.57. The van der Waals surface area contributed by atoms with Gasteiger partial charge in [-0.25, -0.2) is 8.42 Å². The summed E-state index contributed by atoms with van der Waals surface area (Å²) in [4.78, 5) is 18.8. The molecule has 0 aliphatic rings.